The van der Waals surface area contributed by atoms with E-state index in [2.05, 4.69) is 11.9 Å². The van der Waals surface area contributed by atoms with Gasteiger partial charge in [0, 0.05) is 23.1 Å². The predicted octanol–water partition coefficient (Wildman–Crippen LogP) is 2.64. The second-order valence-electron chi connectivity index (χ2n) is 4.65. The Kier molecular flexibility index (Phi) is 4.28. The lowest BCUT2D eigenvalue weighted by atomic mass is 9.90. The third-order valence-corrected chi connectivity index (χ3v) is 3.39. The Morgan fingerprint density at radius 1 is 1.28 bits per heavy atom. The van der Waals surface area contributed by atoms with Crippen molar-refractivity contribution >= 4 is 10.9 Å². The number of hydrogen-bond acceptors (Lipinski definition) is 3. The molecule has 0 aliphatic rings. The van der Waals surface area contributed by atoms with Crippen LogP contribution in [0.2, 0.25) is 0 Å². The molecule has 2 unspecified atom stereocenters. The standard InChI is InChI=1S/C15H20N2O/c1-2-5-12(10-16)15(18)13-8-3-6-11-7-4-9-17-14(11)13/h3-4,6-9,12,15,18H,2,5,10,16H2,1H3. The van der Waals surface area contributed by atoms with Crippen LogP contribution >= 0.6 is 0 Å². The number of pyridine rings is 1. The minimum Gasteiger partial charge on any atom is -0.388 e. The molecule has 0 spiro atoms. The van der Waals surface area contributed by atoms with Crippen LogP contribution in [0.4, 0.5) is 0 Å². The Hall–Kier alpha value is -1.45. The largest absolute Gasteiger partial charge is 0.388 e. The summed E-state index contributed by atoms with van der Waals surface area (Å²) in [6.07, 6.45) is 3.18. The summed E-state index contributed by atoms with van der Waals surface area (Å²) in [4.78, 5) is 4.38. The molecule has 18 heavy (non-hydrogen) atoms. The van der Waals surface area contributed by atoms with Gasteiger partial charge >= 0.3 is 0 Å². The Morgan fingerprint density at radius 2 is 2.06 bits per heavy atom. The number of fused-ring (bicyclic) bond motifs is 1. The Morgan fingerprint density at radius 3 is 2.78 bits per heavy atom. The van der Waals surface area contributed by atoms with E-state index in [0.717, 1.165) is 29.3 Å². The molecule has 0 amide bonds. The molecular weight excluding hydrogens is 224 g/mol. The highest BCUT2D eigenvalue weighted by atomic mass is 16.3. The van der Waals surface area contributed by atoms with Gasteiger partial charge in [0.25, 0.3) is 0 Å². The monoisotopic (exact) mass is 244 g/mol. The smallest absolute Gasteiger partial charge is 0.0851 e. The fraction of sp³-hybridized carbons (Fsp3) is 0.400. The van der Waals surface area contributed by atoms with Crippen molar-refractivity contribution < 1.29 is 5.11 Å². The number of aliphatic hydroxyl groups is 1. The van der Waals surface area contributed by atoms with Crippen molar-refractivity contribution in [3.8, 4) is 0 Å². The van der Waals surface area contributed by atoms with Gasteiger partial charge in [0.1, 0.15) is 0 Å². The molecule has 3 heteroatoms. The fourth-order valence-electron chi connectivity index (χ4n) is 2.40. The first-order chi connectivity index (χ1) is 8.77. The first kappa shape index (κ1) is 13.0. The van der Waals surface area contributed by atoms with Crippen molar-refractivity contribution in [1.82, 2.24) is 4.98 Å². The van der Waals surface area contributed by atoms with Gasteiger partial charge in [-0.2, -0.15) is 0 Å². The van der Waals surface area contributed by atoms with Crippen LogP contribution < -0.4 is 5.73 Å². The summed E-state index contributed by atoms with van der Waals surface area (Å²) in [7, 11) is 0. The molecule has 2 rings (SSSR count). The number of rotatable bonds is 5. The van der Waals surface area contributed by atoms with E-state index in [4.69, 9.17) is 5.73 Å². The molecule has 0 fully saturated rings. The van der Waals surface area contributed by atoms with Crippen LogP contribution in [0.15, 0.2) is 36.5 Å². The van der Waals surface area contributed by atoms with Crippen molar-refractivity contribution in [2.24, 2.45) is 11.7 Å². The van der Waals surface area contributed by atoms with E-state index in [1.807, 2.05) is 30.3 Å². The lowest BCUT2D eigenvalue weighted by molar-refractivity contribution is 0.108. The normalized spacial score (nSPS) is 14.6. The van der Waals surface area contributed by atoms with E-state index in [0.29, 0.717) is 6.54 Å². The van der Waals surface area contributed by atoms with Gasteiger partial charge in [-0.1, -0.05) is 37.6 Å². The zero-order valence-electron chi connectivity index (χ0n) is 10.7. The topological polar surface area (TPSA) is 59.1 Å². The van der Waals surface area contributed by atoms with Crippen molar-refractivity contribution in [1.29, 1.82) is 0 Å². The molecule has 96 valence electrons. The van der Waals surface area contributed by atoms with Gasteiger partial charge in [-0.25, -0.2) is 0 Å². The Balaban J connectivity index is 2.40. The van der Waals surface area contributed by atoms with Gasteiger partial charge in [0.15, 0.2) is 0 Å². The minimum absolute atomic E-state index is 0.0996. The highest BCUT2D eigenvalue weighted by Gasteiger charge is 2.20. The fourth-order valence-corrected chi connectivity index (χ4v) is 2.40. The van der Waals surface area contributed by atoms with Crippen LogP contribution in [-0.4, -0.2) is 16.6 Å². The van der Waals surface area contributed by atoms with Crippen molar-refractivity contribution in [3.05, 3.63) is 42.1 Å². The first-order valence-electron chi connectivity index (χ1n) is 6.49. The molecule has 3 nitrogen and oxygen atoms in total. The molecule has 0 saturated carbocycles. The van der Waals surface area contributed by atoms with E-state index < -0.39 is 6.10 Å². The molecular formula is C15H20N2O. The third kappa shape index (κ3) is 2.52. The molecule has 0 bridgehead atoms. The quantitative estimate of drug-likeness (QED) is 0.850. The summed E-state index contributed by atoms with van der Waals surface area (Å²) in [6, 6.07) is 9.83. The number of aliphatic hydroxyl groups excluding tert-OH is 1. The van der Waals surface area contributed by atoms with Gasteiger partial charge in [0.2, 0.25) is 0 Å². The summed E-state index contributed by atoms with van der Waals surface area (Å²) < 4.78 is 0. The third-order valence-electron chi connectivity index (χ3n) is 3.39. The molecule has 0 aliphatic heterocycles. The van der Waals surface area contributed by atoms with Crippen LogP contribution in [0.25, 0.3) is 10.9 Å². The number of nitrogens with two attached hydrogens (primary N) is 1. The maximum Gasteiger partial charge on any atom is 0.0851 e. The highest BCUT2D eigenvalue weighted by molar-refractivity contribution is 5.81. The first-order valence-corrected chi connectivity index (χ1v) is 6.49. The predicted molar refractivity (Wildman–Crippen MR) is 74.2 cm³/mol. The van der Waals surface area contributed by atoms with E-state index in [1.165, 1.54) is 0 Å². The van der Waals surface area contributed by atoms with Gasteiger partial charge in [-0.3, -0.25) is 4.98 Å². The van der Waals surface area contributed by atoms with Crippen molar-refractivity contribution in [3.63, 3.8) is 0 Å². The van der Waals surface area contributed by atoms with Gasteiger partial charge in [-0.15, -0.1) is 0 Å². The Bertz CT molecular complexity index is 507. The number of nitrogens with zero attached hydrogens (tertiary/aromatic N) is 1. The van der Waals surface area contributed by atoms with Crippen LogP contribution in [0.5, 0.6) is 0 Å². The molecule has 2 atom stereocenters. The molecule has 0 saturated heterocycles. The lowest BCUT2D eigenvalue weighted by Gasteiger charge is -2.22. The maximum absolute atomic E-state index is 10.5. The summed E-state index contributed by atoms with van der Waals surface area (Å²) in [5.41, 5.74) is 7.52. The number of benzene rings is 1. The zero-order chi connectivity index (χ0) is 13.0. The van der Waals surface area contributed by atoms with E-state index >= 15 is 0 Å². The second kappa shape index (κ2) is 5.94. The molecule has 1 aromatic carbocycles. The lowest BCUT2D eigenvalue weighted by Crippen LogP contribution is -2.22. The zero-order valence-corrected chi connectivity index (χ0v) is 10.7. The van der Waals surface area contributed by atoms with Crippen LogP contribution in [-0.2, 0) is 0 Å². The van der Waals surface area contributed by atoms with Gasteiger partial charge < -0.3 is 10.8 Å². The molecule has 1 aromatic heterocycles. The molecule has 0 radical (unpaired) electrons. The number of hydrogen-bond donors (Lipinski definition) is 2. The number of para-hydroxylation sites is 1. The van der Waals surface area contributed by atoms with E-state index in [-0.39, 0.29) is 5.92 Å². The van der Waals surface area contributed by atoms with Gasteiger partial charge in [0.05, 0.1) is 11.6 Å². The summed E-state index contributed by atoms with van der Waals surface area (Å²) in [5.74, 6) is 0.0996. The maximum atomic E-state index is 10.5. The average Bonchev–Trinajstić information content (AvgIpc) is 2.43. The molecule has 2 aromatic rings. The van der Waals surface area contributed by atoms with Crippen LogP contribution in [0.3, 0.4) is 0 Å². The second-order valence-corrected chi connectivity index (χ2v) is 4.65. The van der Waals surface area contributed by atoms with Crippen molar-refractivity contribution in [2.45, 2.75) is 25.9 Å². The Labute approximate surface area is 108 Å². The summed E-state index contributed by atoms with van der Waals surface area (Å²) in [5, 5.41) is 11.5. The minimum atomic E-state index is -0.534. The van der Waals surface area contributed by atoms with Crippen molar-refractivity contribution in [2.75, 3.05) is 6.54 Å². The van der Waals surface area contributed by atoms with Crippen LogP contribution in [0, 0.1) is 5.92 Å². The summed E-state index contributed by atoms with van der Waals surface area (Å²) >= 11 is 0. The van der Waals surface area contributed by atoms with Crippen LogP contribution in [0.1, 0.15) is 31.4 Å². The summed E-state index contributed by atoms with van der Waals surface area (Å²) in [6.45, 7) is 2.61. The molecule has 1 heterocycles. The number of aromatic nitrogens is 1. The highest BCUT2D eigenvalue weighted by Crippen LogP contribution is 2.29. The molecule has 3 N–H and O–H groups in total. The van der Waals surface area contributed by atoms with Gasteiger partial charge in [-0.05, 0) is 19.0 Å². The molecule has 0 aliphatic carbocycles. The SMILES string of the molecule is CCCC(CN)C(O)c1cccc2cccnc12. The average molecular weight is 244 g/mol. The van der Waals surface area contributed by atoms with E-state index in [9.17, 15) is 5.11 Å². The van der Waals surface area contributed by atoms with E-state index in [1.54, 1.807) is 6.20 Å².